The minimum atomic E-state index is -4.64. The number of halogens is 4. The summed E-state index contributed by atoms with van der Waals surface area (Å²) in [6.07, 6.45) is 3.23. The standard InChI is InChI=1S/C30H47N7O4Si.C20H28ClN5O2.C13H19N7O.C10H20N2O2Si.C2HF3O.H2O/c1-21-11-12-22(2)37(21)28-32-24(27-25(39-7)18-31-36(27)20-40-15-16-42(8,9)10)17-26(33-28)35-14-13-23(19-35)34(6)29(38)41-30(3,4)5;1-13-7-8-14(2)26(13)18-22-16(21)11-17(23-18)25-10-9-15(12-25)24(6)19(27)28-20(3,4)5;1-15-8-3-4-20(7-8)11-5-9(17-13(14)18-11)12-10(21-2)6-16-19-12;1-13-10-7-11-12(8-10)9-14-5-6-15(2,3)4;3-2(4,5)1-6;/h11-12,17-18,23H,13-16,19-20H2,1-10H3;7-8,11,15H,9-10,12H2,1-6H3;5-6,8,15H,3-4,7H2,1-2H3,(H,16,19)(H2,14,17,18);7-8H,5-6,9H2,1-4H3;1H;1H2/t23-;15-;8-;;;/m111.../s1. The van der Waals surface area contributed by atoms with Crippen LogP contribution in [0.25, 0.3) is 34.7 Å². The van der Waals surface area contributed by atoms with Gasteiger partial charge in [-0.1, -0.05) is 50.9 Å². The van der Waals surface area contributed by atoms with Gasteiger partial charge in [-0.25, -0.2) is 33.9 Å². The Labute approximate surface area is 667 Å². The molecule has 38 heteroatoms. The molecular weight excluding hydrogens is 1520 g/mol. The number of ether oxygens (including phenoxy) is 7. The zero-order chi connectivity index (χ0) is 82.8. The first-order valence-corrected chi connectivity index (χ1v) is 44.9. The van der Waals surface area contributed by atoms with E-state index in [9.17, 15) is 22.8 Å². The van der Waals surface area contributed by atoms with Gasteiger partial charge in [0.2, 0.25) is 24.1 Å². The molecule has 0 aromatic carbocycles. The van der Waals surface area contributed by atoms with Gasteiger partial charge in [0.25, 0.3) is 0 Å². The second-order valence-corrected chi connectivity index (χ2v) is 43.6. The number of anilines is 4. The van der Waals surface area contributed by atoms with Crippen molar-refractivity contribution in [1.82, 2.24) is 83.9 Å². The summed E-state index contributed by atoms with van der Waals surface area (Å²) in [5.74, 6) is 5.76. The third-order valence-corrected chi connectivity index (χ3v) is 21.8. The van der Waals surface area contributed by atoms with Crippen molar-refractivity contribution < 1.29 is 66.2 Å². The average molecular weight is 1640 g/mol. The number of likely N-dealkylation sites (N-methyl/N-ethyl adjacent to an activating group) is 3. The molecule has 11 heterocycles. The molecular formula is C75H117ClF3N21O11Si2. The molecule has 3 atom stereocenters. The van der Waals surface area contributed by atoms with Crippen LogP contribution in [0.3, 0.4) is 0 Å². The van der Waals surface area contributed by atoms with Crippen LogP contribution in [-0.2, 0) is 37.2 Å². The van der Waals surface area contributed by atoms with E-state index in [2.05, 4.69) is 107 Å². The van der Waals surface area contributed by atoms with Crippen molar-refractivity contribution in [2.24, 2.45) is 0 Å². The lowest BCUT2D eigenvalue weighted by atomic mass is 10.2. The zero-order valence-electron chi connectivity index (χ0n) is 69.5. The topological polar surface area (TPSA) is 353 Å². The summed E-state index contributed by atoms with van der Waals surface area (Å²) >= 11 is 6.30. The Bertz CT molecular complexity index is 4320. The van der Waals surface area contributed by atoms with E-state index in [-0.39, 0.29) is 35.7 Å². The smallest absolute Gasteiger partial charge is 0.446 e. The molecule has 0 unspecified atom stereocenters. The van der Waals surface area contributed by atoms with E-state index in [1.807, 2.05) is 116 Å². The summed E-state index contributed by atoms with van der Waals surface area (Å²) < 4.78 is 77.5. The molecule has 0 bridgehead atoms. The number of aryl methyl sites for hydroxylation is 4. The number of carbonyl (C=O) groups is 3. The first-order valence-electron chi connectivity index (χ1n) is 37.2. The SMILES string of the molecule is CN[C@@H]1CCN(c2cc(-c3[nH]ncc3OC)nc(N)n2)C1.COc1cnn(COCC[Si](C)(C)C)c1.COc1cnn(COCC[Si](C)(C)C)c1-c1cc(N2CC[C@@H](N(C)C(=O)OC(C)(C)C)C2)nc(-n2c(C)ccc2C)n1.Cc1ccc(C)n1-c1nc(Cl)cc(N2CC[C@@H](N(C)C(=O)OC(C)(C)C)C2)n1.O.O=CC(F)(F)F. The molecule has 3 aliphatic heterocycles. The van der Waals surface area contributed by atoms with Gasteiger partial charge in [-0.15, -0.1) is 0 Å². The Morgan fingerprint density at radius 1 is 0.637 bits per heavy atom. The normalized spacial score (nSPS) is 15.6. The summed E-state index contributed by atoms with van der Waals surface area (Å²) in [7, 11) is 8.23. The molecule has 113 heavy (non-hydrogen) atoms. The largest absolute Gasteiger partial charge is 0.493 e. The Kier molecular flexibility index (Phi) is 33.2. The van der Waals surface area contributed by atoms with E-state index in [4.69, 9.17) is 70.2 Å². The van der Waals surface area contributed by atoms with E-state index in [0.717, 1.165) is 110 Å². The van der Waals surface area contributed by atoms with Crippen molar-refractivity contribution >= 4 is 69.6 Å². The van der Waals surface area contributed by atoms with Crippen LogP contribution >= 0.6 is 11.6 Å². The van der Waals surface area contributed by atoms with Crippen LogP contribution in [-0.4, -0.2) is 249 Å². The maximum absolute atomic E-state index is 12.8. The number of alkyl halides is 3. The van der Waals surface area contributed by atoms with Crippen LogP contribution < -0.4 is 40.0 Å². The minimum absolute atomic E-state index is 0. The van der Waals surface area contributed by atoms with Gasteiger partial charge in [-0.3, -0.25) is 19.0 Å². The molecule has 0 aliphatic carbocycles. The van der Waals surface area contributed by atoms with Gasteiger partial charge in [-0.2, -0.15) is 43.4 Å². The van der Waals surface area contributed by atoms with Crippen molar-refractivity contribution in [3.05, 3.63) is 95.2 Å². The number of nitrogens with one attached hydrogen (secondary N) is 2. The summed E-state index contributed by atoms with van der Waals surface area (Å²) in [5, 5.41) is 19.2. The second-order valence-electron chi connectivity index (χ2n) is 32.0. The van der Waals surface area contributed by atoms with E-state index in [1.165, 1.54) is 6.04 Å². The highest BCUT2D eigenvalue weighted by molar-refractivity contribution is 6.76. The van der Waals surface area contributed by atoms with Crippen LogP contribution in [0.4, 0.5) is 46.2 Å². The number of aromatic nitrogens is 14. The fraction of sp³-hybridized carbons (Fsp3) is 0.573. The zero-order valence-corrected chi connectivity index (χ0v) is 72.2. The summed E-state index contributed by atoms with van der Waals surface area (Å²) in [6.45, 7) is 40.4. The molecule has 2 amide bonds. The fourth-order valence-electron chi connectivity index (χ4n) is 11.9. The highest BCUT2D eigenvalue weighted by atomic mass is 35.5. The minimum Gasteiger partial charge on any atom is -0.493 e. The summed E-state index contributed by atoms with van der Waals surface area (Å²) in [5.41, 5.74) is 11.8. The number of aldehydes is 1. The van der Waals surface area contributed by atoms with Crippen molar-refractivity contribution in [3.63, 3.8) is 0 Å². The van der Waals surface area contributed by atoms with E-state index >= 15 is 0 Å². The number of amides is 2. The van der Waals surface area contributed by atoms with E-state index < -0.39 is 39.8 Å². The molecule has 11 rings (SSSR count). The fourth-order valence-corrected chi connectivity index (χ4v) is 13.6. The number of nitrogens with two attached hydrogens (primary N) is 1. The predicted octanol–water partition coefficient (Wildman–Crippen LogP) is 11.9. The maximum Gasteiger partial charge on any atom is 0.446 e. The Hall–Kier alpha value is -9.41. The number of nitrogens with zero attached hydrogens (tertiary/aromatic N) is 18. The molecule has 6 N–H and O–H groups in total. The highest BCUT2D eigenvalue weighted by Crippen LogP contribution is 2.35. The van der Waals surface area contributed by atoms with Crippen molar-refractivity contribution in [1.29, 1.82) is 0 Å². The van der Waals surface area contributed by atoms with Crippen LogP contribution in [0.1, 0.15) is 83.6 Å². The number of carbonyl (C=O) groups excluding carboxylic acids is 3. The molecule has 624 valence electrons. The van der Waals surface area contributed by atoms with Crippen molar-refractivity contribution in [2.45, 2.75) is 189 Å². The number of nitrogen functional groups attached to an aromatic ring is 1. The molecule has 3 fully saturated rings. The molecule has 0 spiro atoms. The predicted molar refractivity (Wildman–Crippen MR) is 437 cm³/mol. The van der Waals surface area contributed by atoms with Gasteiger partial charge >= 0.3 is 18.4 Å². The highest BCUT2D eigenvalue weighted by Gasteiger charge is 2.35. The van der Waals surface area contributed by atoms with Gasteiger partial charge in [0, 0.05) is 130 Å². The third kappa shape index (κ3) is 28.0. The van der Waals surface area contributed by atoms with Gasteiger partial charge in [-0.05, 0) is 132 Å². The van der Waals surface area contributed by atoms with E-state index in [0.29, 0.717) is 84.8 Å². The number of H-pyrrole nitrogens is 1. The van der Waals surface area contributed by atoms with Crippen molar-refractivity contribution in [2.75, 3.05) is 115 Å². The summed E-state index contributed by atoms with van der Waals surface area (Å²) in [6, 6.07) is 16.6. The number of methoxy groups -OCH3 is 3. The van der Waals surface area contributed by atoms with Crippen molar-refractivity contribution in [3.8, 4) is 51.9 Å². The molecule has 8 aromatic heterocycles. The molecule has 0 radical (unpaired) electrons. The molecule has 3 aliphatic rings. The van der Waals surface area contributed by atoms with Crippen LogP contribution in [0.15, 0.2) is 67.3 Å². The van der Waals surface area contributed by atoms with E-state index in [1.54, 1.807) is 79.2 Å². The second kappa shape index (κ2) is 40.6. The monoisotopic (exact) mass is 1640 g/mol. The quantitative estimate of drug-likeness (QED) is 0.0232. The van der Waals surface area contributed by atoms with Gasteiger partial charge in [0.05, 0.1) is 69.6 Å². The first-order chi connectivity index (χ1) is 52.5. The lowest BCUT2D eigenvalue weighted by Crippen LogP contribution is -2.42. The van der Waals surface area contributed by atoms with Crippen LogP contribution in [0.5, 0.6) is 17.2 Å². The summed E-state index contributed by atoms with van der Waals surface area (Å²) in [4.78, 5) is 71.5. The van der Waals surface area contributed by atoms with Crippen LogP contribution in [0, 0.1) is 27.7 Å². The Balaban J connectivity index is 0.000000242. The number of rotatable bonds is 23. The lowest BCUT2D eigenvalue weighted by Gasteiger charge is -2.28. The molecule has 8 aromatic rings. The molecule has 0 saturated carbocycles. The Morgan fingerprint density at radius 2 is 1.11 bits per heavy atom. The van der Waals surface area contributed by atoms with Gasteiger partial charge < -0.3 is 74.2 Å². The molecule has 3 saturated heterocycles. The number of hydrogen-bond donors (Lipinski definition) is 3. The number of aromatic amines is 1. The van der Waals surface area contributed by atoms with Crippen LogP contribution in [0.2, 0.25) is 56.5 Å². The molecule has 32 nitrogen and oxygen atoms in total. The average Bonchev–Trinajstić information content (AvgIpc) is 1.69. The number of hydrogen-bond acceptors (Lipinski definition) is 24. The van der Waals surface area contributed by atoms with Gasteiger partial charge in [0.1, 0.15) is 58.7 Å². The van der Waals surface area contributed by atoms with Gasteiger partial charge in [0.15, 0.2) is 17.2 Å². The Morgan fingerprint density at radius 3 is 1.57 bits per heavy atom. The first kappa shape index (κ1) is 92.5. The third-order valence-electron chi connectivity index (χ3n) is 18.2. The lowest BCUT2D eigenvalue weighted by molar-refractivity contribution is -0.156. The maximum atomic E-state index is 12.8.